The Labute approximate surface area is 183 Å². The first-order valence-corrected chi connectivity index (χ1v) is 10.5. The SMILES string of the molecule is CN.Cc1nc(N2CCC3(CCOC3)CC2)cc(=O)n1-c1cccc(C(F)(F)F)c1Cl. The van der Waals surface area contributed by atoms with Crippen LogP contribution in [0.25, 0.3) is 5.69 Å². The number of ether oxygens (including phenoxy) is 1. The number of alkyl halides is 3. The van der Waals surface area contributed by atoms with E-state index in [1.807, 2.05) is 0 Å². The minimum atomic E-state index is -4.61. The highest BCUT2D eigenvalue weighted by atomic mass is 35.5. The zero-order valence-corrected chi connectivity index (χ0v) is 18.3. The molecule has 0 saturated carbocycles. The quantitative estimate of drug-likeness (QED) is 0.741. The third-order valence-electron chi connectivity index (χ3n) is 5.93. The van der Waals surface area contributed by atoms with Crippen molar-refractivity contribution in [2.24, 2.45) is 11.1 Å². The monoisotopic (exact) mass is 458 g/mol. The molecule has 4 rings (SSSR count). The predicted octanol–water partition coefficient (Wildman–Crippen LogP) is 3.79. The second kappa shape index (κ2) is 9.18. The van der Waals surface area contributed by atoms with Crippen molar-refractivity contribution in [1.29, 1.82) is 0 Å². The predicted molar refractivity (Wildman–Crippen MR) is 114 cm³/mol. The van der Waals surface area contributed by atoms with Crippen LogP contribution >= 0.6 is 11.6 Å². The second-order valence-electron chi connectivity index (χ2n) is 7.76. The number of hydrogen-bond acceptors (Lipinski definition) is 5. The third-order valence-corrected chi connectivity index (χ3v) is 6.33. The van der Waals surface area contributed by atoms with Crippen molar-refractivity contribution < 1.29 is 17.9 Å². The summed E-state index contributed by atoms with van der Waals surface area (Å²) in [5.41, 5.74) is 3.26. The van der Waals surface area contributed by atoms with E-state index in [4.69, 9.17) is 16.3 Å². The Morgan fingerprint density at radius 2 is 1.87 bits per heavy atom. The molecule has 3 heterocycles. The van der Waals surface area contributed by atoms with Gasteiger partial charge in [-0.05, 0) is 50.8 Å². The van der Waals surface area contributed by atoms with Gasteiger partial charge in [0.05, 0.1) is 22.9 Å². The molecule has 2 N–H and O–H groups in total. The zero-order valence-electron chi connectivity index (χ0n) is 17.5. The molecule has 2 saturated heterocycles. The molecule has 2 aliphatic heterocycles. The van der Waals surface area contributed by atoms with Crippen molar-refractivity contribution in [3.63, 3.8) is 0 Å². The maximum atomic E-state index is 13.2. The highest BCUT2D eigenvalue weighted by Crippen LogP contribution is 2.40. The van der Waals surface area contributed by atoms with Gasteiger partial charge < -0.3 is 15.4 Å². The van der Waals surface area contributed by atoms with Crippen molar-refractivity contribution in [2.45, 2.75) is 32.4 Å². The molecule has 31 heavy (non-hydrogen) atoms. The summed E-state index contributed by atoms with van der Waals surface area (Å²) in [6.45, 7) is 4.71. The lowest BCUT2D eigenvalue weighted by atomic mass is 9.78. The van der Waals surface area contributed by atoms with E-state index in [2.05, 4.69) is 15.6 Å². The maximum absolute atomic E-state index is 13.2. The summed E-state index contributed by atoms with van der Waals surface area (Å²) in [6.07, 6.45) is -1.61. The largest absolute Gasteiger partial charge is 0.417 e. The zero-order chi connectivity index (χ0) is 22.8. The molecule has 0 atom stereocenters. The van der Waals surface area contributed by atoms with E-state index < -0.39 is 22.3 Å². The molecule has 0 amide bonds. The first-order chi connectivity index (χ1) is 14.7. The number of rotatable bonds is 2. The van der Waals surface area contributed by atoms with E-state index in [0.29, 0.717) is 11.6 Å². The van der Waals surface area contributed by atoms with E-state index >= 15 is 0 Å². The molecule has 10 heteroatoms. The molecule has 170 valence electrons. The molecule has 1 aromatic carbocycles. The second-order valence-corrected chi connectivity index (χ2v) is 8.14. The Hall–Kier alpha value is -2.10. The van der Waals surface area contributed by atoms with Gasteiger partial charge in [-0.1, -0.05) is 17.7 Å². The van der Waals surface area contributed by atoms with Gasteiger partial charge in [-0.3, -0.25) is 9.36 Å². The van der Waals surface area contributed by atoms with Crippen LogP contribution in [0, 0.1) is 12.3 Å². The van der Waals surface area contributed by atoms with Crippen LogP contribution in [0.15, 0.2) is 29.1 Å². The molecular weight excluding hydrogens is 433 g/mol. The summed E-state index contributed by atoms with van der Waals surface area (Å²) in [7, 11) is 1.50. The van der Waals surface area contributed by atoms with Crippen molar-refractivity contribution >= 4 is 17.4 Å². The molecular formula is C21H26ClF3N4O2. The minimum Gasteiger partial charge on any atom is -0.381 e. The Bertz CT molecular complexity index is 978. The lowest BCUT2D eigenvalue weighted by Gasteiger charge is -2.38. The fourth-order valence-corrected chi connectivity index (χ4v) is 4.52. The number of anilines is 1. The topological polar surface area (TPSA) is 73.4 Å². The molecule has 2 aliphatic rings. The van der Waals surface area contributed by atoms with Crippen LogP contribution in [0.5, 0.6) is 0 Å². The molecule has 0 radical (unpaired) electrons. The van der Waals surface area contributed by atoms with Gasteiger partial charge >= 0.3 is 6.18 Å². The van der Waals surface area contributed by atoms with Gasteiger partial charge in [0, 0.05) is 25.8 Å². The Balaban J connectivity index is 0.00000132. The van der Waals surface area contributed by atoms with Gasteiger partial charge in [0.2, 0.25) is 0 Å². The van der Waals surface area contributed by atoms with Crippen LogP contribution in [-0.2, 0) is 10.9 Å². The highest BCUT2D eigenvalue weighted by molar-refractivity contribution is 6.33. The normalized spacial score (nSPS) is 18.1. The van der Waals surface area contributed by atoms with Gasteiger partial charge in [-0.25, -0.2) is 4.98 Å². The number of benzene rings is 1. The summed E-state index contributed by atoms with van der Waals surface area (Å²) in [4.78, 5) is 19.4. The van der Waals surface area contributed by atoms with Crippen LogP contribution in [0.4, 0.5) is 19.0 Å². The summed E-state index contributed by atoms with van der Waals surface area (Å²) in [5, 5.41) is -0.513. The van der Waals surface area contributed by atoms with E-state index in [0.717, 1.165) is 56.2 Å². The molecule has 2 aromatic rings. The summed E-state index contributed by atoms with van der Waals surface area (Å²) in [5.74, 6) is 0.832. The summed E-state index contributed by atoms with van der Waals surface area (Å²) < 4.78 is 46.2. The summed E-state index contributed by atoms with van der Waals surface area (Å²) in [6, 6.07) is 4.88. The molecule has 6 nitrogen and oxygen atoms in total. The lowest BCUT2D eigenvalue weighted by molar-refractivity contribution is -0.137. The van der Waals surface area contributed by atoms with Crippen LogP contribution in [-0.4, -0.2) is 42.9 Å². The van der Waals surface area contributed by atoms with Crippen LogP contribution < -0.4 is 16.2 Å². The average molecular weight is 459 g/mol. The van der Waals surface area contributed by atoms with Crippen LogP contribution in [0.1, 0.15) is 30.7 Å². The Kier molecular flexibility index (Phi) is 6.98. The molecule has 0 bridgehead atoms. The number of nitrogens with two attached hydrogens (primary N) is 1. The van der Waals surface area contributed by atoms with Crippen LogP contribution in [0.2, 0.25) is 5.02 Å². The number of aromatic nitrogens is 2. The third kappa shape index (κ3) is 4.73. The lowest BCUT2D eigenvalue weighted by Crippen LogP contribution is -2.41. The molecule has 2 fully saturated rings. The Morgan fingerprint density at radius 1 is 1.19 bits per heavy atom. The number of aryl methyl sites for hydroxylation is 1. The highest BCUT2D eigenvalue weighted by Gasteiger charge is 2.38. The average Bonchev–Trinajstić information content (AvgIpc) is 3.18. The number of halogens is 4. The van der Waals surface area contributed by atoms with Gasteiger partial charge in [-0.15, -0.1) is 0 Å². The smallest absolute Gasteiger partial charge is 0.381 e. The van der Waals surface area contributed by atoms with Gasteiger partial charge in [-0.2, -0.15) is 13.2 Å². The standard InChI is InChI=1S/C20H21ClF3N3O2.CH5N/c1-13-25-16(26-8-5-19(6-9-26)7-10-29-12-19)11-17(28)27(13)15-4-2-3-14(18(15)21)20(22,23)24;1-2/h2-4,11H,5-10,12H2,1H3;2H2,1H3. The number of piperidine rings is 1. The Morgan fingerprint density at radius 3 is 2.42 bits per heavy atom. The number of nitrogens with zero attached hydrogens (tertiary/aromatic N) is 3. The van der Waals surface area contributed by atoms with Crippen molar-refractivity contribution in [1.82, 2.24) is 9.55 Å². The molecule has 1 aromatic heterocycles. The van der Waals surface area contributed by atoms with E-state index in [1.54, 1.807) is 6.92 Å². The molecule has 0 unspecified atom stereocenters. The van der Waals surface area contributed by atoms with Crippen LogP contribution in [0.3, 0.4) is 0 Å². The first-order valence-electron chi connectivity index (χ1n) is 10.1. The summed E-state index contributed by atoms with van der Waals surface area (Å²) >= 11 is 6.00. The van der Waals surface area contributed by atoms with Gasteiger partial charge in [0.1, 0.15) is 11.6 Å². The van der Waals surface area contributed by atoms with Gasteiger partial charge in [0.25, 0.3) is 5.56 Å². The fraction of sp³-hybridized carbons (Fsp3) is 0.524. The van der Waals surface area contributed by atoms with Crippen molar-refractivity contribution in [2.75, 3.05) is 38.3 Å². The van der Waals surface area contributed by atoms with Crippen molar-refractivity contribution in [3.05, 3.63) is 51.0 Å². The first kappa shape index (κ1) is 23.6. The van der Waals surface area contributed by atoms with E-state index in [1.165, 1.54) is 25.2 Å². The van der Waals surface area contributed by atoms with E-state index in [-0.39, 0.29) is 11.1 Å². The maximum Gasteiger partial charge on any atom is 0.417 e. The molecule has 0 aliphatic carbocycles. The number of hydrogen-bond donors (Lipinski definition) is 1. The fourth-order valence-electron chi connectivity index (χ4n) is 4.20. The van der Waals surface area contributed by atoms with E-state index in [9.17, 15) is 18.0 Å². The van der Waals surface area contributed by atoms with Crippen molar-refractivity contribution in [3.8, 4) is 5.69 Å². The molecule has 1 spiro atoms. The minimum absolute atomic E-state index is 0.0243. The van der Waals surface area contributed by atoms with Gasteiger partial charge in [0.15, 0.2) is 0 Å².